The van der Waals surface area contributed by atoms with Gasteiger partial charge in [-0.3, -0.25) is 0 Å². The molecule has 0 bridgehead atoms. The normalized spacial score (nSPS) is 12.0. The molecule has 0 atom stereocenters. The number of rotatable bonds is 5. The van der Waals surface area contributed by atoms with Crippen LogP contribution in [-0.4, -0.2) is 13.7 Å². The van der Waals surface area contributed by atoms with E-state index in [2.05, 4.69) is 179 Å². The van der Waals surface area contributed by atoms with E-state index in [0.717, 1.165) is 22.8 Å². The maximum atomic E-state index is 4.19. The van der Waals surface area contributed by atoms with Crippen molar-refractivity contribution in [2.45, 2.75) is 6.92 Å². The molecule has 6 aromatic carbocycles. The zero-order valence-corrected chi connectivity index (χ0v) is 25.6. The Kier molecular flexibility index (Phi) is 5.87. The first-order valence-electron chi connectivity index (χ1n) is 15.8. The van der Waals surface area contributed by atoms with E-state index in [9.17, 15) is 0 Å². The van der Waals surface area contributed by atoms with Crippen LogP contribution in [0.2, 0.25) is 0 Å². The van der Waals surface area contributed by atoms with Crippen LogP contribution in [0.3, 0.4) is 0 Å². The summed E-state index contributed by atoms with van der Waals surface area (Å²) in [5.41, 5.74) is 11.7. The minimum absolute atomic E-state index is 1.10. The van der Waals surface area contributed by atoms with Crippen LogP contribution >= 0.6 is 0 Å². The van der Waals surface area contributed by atoms with Crippen LogP contribution in [0.15, 0.2) is 152 Å². The van der Waals surface area contributed by atoms with E-state index < -0.39 is 0 Å². The molecule has 218 valence electrons. The Bertz CT molecular complexity index is 2640. The summed E-state index contributed by atoms with van der Waals surface area (Å²) in [4.78, 5) is 0. The summed E-state index contributed by atoms with van der Waals surface area (Å²) in [6.45, 7) is 6.25. The number of aromatic nitrogens is 3. The van der Waals surface area contributed by atoms with Crippen LogP contribution in [0, 0.1) is 0 Å². The number of hydrogen-bond acceptors (Lipinski definition) is 0. The summed E-state index contributed by atoms with van der Waals surface area (Å²) >= 11 is 0. The Morgan fingerprint density at radius 1 is 0.435 bits per heavy atom. The van der Waals surface area contributed by atoms with Gasteiger partial charge in [-0.1, -0.05) is 91.5 Å². The smallest absolute Gasteiger partial charge is 0.0562 e. The average molecular weight is 590 g/mol. The summed E-state index contributed by atoms with van der Waals surface area (Å²) in [5, 5.41) is 6.25. The Morgan fingerprint density at radius 2 is 0.891 bits per heavy atom. The number of para-hydroxylation sites is 4. The first kappa shape index (κ1) is 26.4. The van der Waals surface area contributed by atoms with Gasteiger partial charge in [0.05, 0.1) is 33.3 Å². The molecule has 3 heteroatoms. The second kappa shape index (κ2) is 10.3. The molecule has 3 nitrogen and oxygen atoms in total. The molecule has 0 saturated heterocycles. The van der Waals surface area contributed by atoms with E-state index >= 15 is 0 Å². The van der Waals surface area contributed by atoms with Gasteiger partial charge in [0.25, 0.3) is 0 Å². The third-order valence-corrected chi connectivity index (χ3v) is 9.33. The second-order valence-corrected chi connectivity index (χ2v) is 11.8. The molecule has 0 radical (unpaired) electrons. The van der Waals surface area contributed by atoms with Gasteiger partial charge in [0.2, 0.25) is 0 Å². The van der Waals surface area contributed by atoms with Crippen molar-refractivity contribution >= 4 is 66.7 Å². The molecule has 0 spiro atoms. The lowest BCUT2D eigenvalue weighted by atomic mass is 10.1. The van der Waals surface area contributed by atoms with Crippen molar-refractivity contribution < 1.29 is 0 Å². The fourth-order valence-electron chi connectivity index (χ4n) is 7.42. The van der Waals surface area contributed by atoms with E-state index in [4.69, 9.17) is 0 Å². The highest BCUT2D eigenvalue weighted by Crippen LogP contribution is 2.40. The summed E-state index contributed by atoms with van der Waals surface area (Å²) in [5.74, 6) is 0. The van der Waals surface area contributed by atoms with Crippen molar-refractivity contribution in [3.05, 3.63) is 163 Å². The molecular weight excluding hydrogens is 558 g/mol. The fourth-order valence-corrected chi connectivity index (χ4v) is 7.42. The average Bonchev–Trinajstić information content (AvgIpc) is 3.73. The monoisotopic (exact) mass is 589 g/mol. The van der Waals surface area contributed by atoms with E-state index in [1.54, 1.807) is 0 Å². The van der Waals surface area contributed by atoms with Gasteiger partial charge < -0.3 is 13.7 Å². The van der Waals surface area contributed by atoms with Gasteiger partial charge in [-0.05, 0) is 79.7 Å². The quantitative estimate of drug-likeness (QED) is 0.190. The first-order valence-corrected chi connectivity index (χ1v) is 15.8. The number of benzene rings is 6. The Morgan fingerprint density at radius 3 is 1.43 bits per heavy atom. The predicted molar refractivity (Wildman–Crippen MR) is 197 cm³/mol. The highest BCUT2D eigenvalue weighted by atomic mass is 15.0. The van der Waals surface area contributed by atoms with E-state index in [1.165, 1.54) is 60.1 Å². The topological polar surface area (TPSA) is 14.8 Å². The highest BCUT2D eigenvalue weighted by Gasteiger charge is 2.19. The van der Waals surface area contributed by atoms with Crippen LogP contribution in [0.5, 0.6) is 0 Å². The second-order valence-electron chi connectivity index (χ2n) is 11.8. The van der Waals surface area contributed by atoms with Gasteiger partial charge in [0.1, 0.15) is 0 Å². The third kappa shape index (κ3) is 3.72. The molecule has 46 heavy (non-hydrogen) atoms. The van der Waals surface area contributed by atoms with Crippen molar-refractivity contribution in [1.82, 2.24) is 13.7 Å². The van der Waals surface area contributed by atoms with Crippen LogP contribution < -0.4 is 0 Å². The number of fused-ring (bicyclic) bond motifs is 7. The van der Waals surface area contributed by atoms with Crippen LogP contribution in [-0.2, 0) is 0 Å². The third-order valence-electron chi connectivity index (χ3n) is 9.33. The lowest BCUT2D eigenvalue weighted by Gasteiger charge is -2.13. The summed E-state index contributed by atoms with van der Waals surface area (Å²) < 4.78 is 7.12. The molecule has 0 aliphatic heterocycles. The molecule has 0 fully saturated rings. The standard InChI is InChI=1S/C43H31N3/c1-3-14-32-33-17-8-11-20-39(33)44(38(32)4-2)30-23-25-31(26-24-30)46-41-22-13-10-19-35(41)37-27-36-34-18-9-12-21-40(34)45(42(36)28-43(37)46)29-15-6-5-7-16-29/h3-28H,2H2,1H3/b14-3-. The zero-order chi connectivity index (χ0) is 30.8. The van der Waals surface area contributed by atoms with Crippen LogP contribution in [0.1, 0.15) is 18.2 Å². The number of allylic oxidation sites excluding steroid dienone is 1. The van der Waals surface area contributed by atoms with Gasteiger partial charge in [0.15, 0.2) is 0 Å². The number of hydrogen-bond donors (Lipinski definition) is 0. The summed E-state index contributed by atoms with van der Waals surface area (Å²) in [6.07, 6.45) is 6.24. The summed E-state index contributed by atoms with van der Waals surface area (Å²) in [6, 6.07) is 50.5. The molecule has 0 saturated carbocycles. The molecule has 3 heterocycles. The zero-order valence-electron chi connectivity index (χ0n) is 25.6. The van der Waals surface area contributed by atoms with Crippen molar-refractivity contribution in [1.29, 1.82) is 0 Å². The van der Waals surface area contributed by atoms with Gasteiger partial charge in [0, 0.05) is 49.6 Å². The highest BCUT2D eigenvalue weighted by molar-refractivity contribution is 6.19. The molecule has 0 amide bonds. The molecule has 0 aliphatic rings. The minimum atomic E-state index is 1.10. The molecule has 3 aromatic heterocycles. The number of nitrogens with zero attached hydrogens (tertiary/aromatic N) is 3. The first-order chi connectivity index (χ1) is 22.8. The van der Waals surface area contributed by atoms with E-state index in [0.29, 0.717) is 0 Å². The van der Waals surface area contributed by atoms with E-state index in [-0.39, 0.29) is 0 Å². The SMILES string of the molecule is C=Cc1c(/C=C\C)c2ccccc2n1-c1ccc(-n2c3ccccc3c3cc4c5ccccc5n(-c5ccccc5)c4cc32)cc1. The van der Waals surface area contributed by atoms with Crippen molar-refractivity contribution in [2.75, 3.05) is 0 Å². The summed E-state index contributed by atoms with van der Waals surface area (Å²) in [7, 11) is 0. The van der Waals surface area contributed by atoms with Crippen molar-refractivity contribution in [3.63, 3.8) is 0 Å². The minimum Gasteiger partial charge on any atom is -0.309 e. The molecule has 0 unspecified atom stereocenters. The van der Waals surface area contributed by atoms with Gasteiger partial charge >= 0.3 is 0 Å². The van der Waals surface area contributed by atoms with Crippen LogP contribution in [0.4, 0.5) is 0 Å². The Labute approximate surface area is 267 Å². The Hall–Kier alpha value is -6.06. The lowest BCUT2D eigenvalue weighted by molar-refractivity contribution is 1.09. The maximum absolute atomic E-state index is 4.19. The fraction of sp³-hybridized carbons (Fsp3) is 0.0233. The lowest BCUT2D eigenvalue weighted by Crippen LogP contribution is -1.99. The Balaban J connectivity index is 1.30. The largest absolute Gasteiger partial charge is 0.309 e. The van der Waals surface area contributed by atoms with Gasteiger partial charge in [-0.15, -0.1) is 0 Å². The van der Waals surface area contributed by atoms with Gasteiger partial charge in [-0.25, -0.2) is 0 Å². The van der Waals surface area contributed by atoms with Gasteiger partial charge in [-0.2, -0.15) is 0 Å². The molecule has 9 rings (SSSR count). The predicted octanol–water partition coefficient (Wildman–Crippen LogP) is 11.5. The molecular formula is C43H31N3. The maximum Gasteiger partial charge on any atom is 0.0562 e. The van der Waals surface area contributed by atoms with Crippen molar-refractivity contribution in [2.24, 2.45) is 0 Å². The van der Waals surface area contributed by atoms with E-state index in [1.807, 2.05) is 6.08 Å². The van der Waals surface area contributed by atoms with Crippen molar-refractivity contribution in [3.8, 4) is 17.1 Å². The molecule has 9 aromatic rings. The van der Waals surface area contributed by atoms with Crippen LogP contribution in [0.25, 0.3) is 83.7 Å². The molecule has 0 N–H and O–H groups in total. The molecule has 0 aliphatic carbocycles.